The Kier molecular flexibility index (Phi) is 4.01. The fourth-order valence-electron chi connectivity index (χ4n) is 2.18. The fraction of sp³-hybridized carbons (Fsp3) is 0.286. The quantitative estimate of drug-likeness (QED) is 0.935. The molecule has 0 bridgehead atoms. The molecule has 1 saturated heterocycles. The SMILES string of the molecule is CCc1nnsc1C(=O)Nc1cccc(N2CCOC2=O)c1. The third kappa shape index (κ3) is 2.77. The molecule has 0 aliphatic carbocycles. The van der Waals surface area contributed by atoms with E-state index in [1.807, 2.05) is 6.92 Å². The summed E-state index contributed by atoms with van der Waals surface area (Å²) in [5.74, 6) is -0.243. The van der Waals surface area contributed by atoms with Crippen LogP contribution in [0.25, 0.3) is 0 Å². The number of amides is 2. The third-order valence-electron chi connectivity index (χ3n) is 3.27. The normalized spacial score (nSPS) is 14.0. The molecule has 2 heterocycles. The molecule has 0 spiro atoms. The van der Waals surface area contributed by atoms with Crippen molar-refractivity contribution in [2.45, 2.75) is 13.3 Å². The molecule has 0 saturated carbocycles. The smallest absolute Gasteiger partial charge is 0.414 e. The lowest BCUT2D eigenvalue weighted by atomic mass is 10.2. The summed E-state index contributed by atoms with van der Waals surface area (Å²) in [7, 11) is 0. The fourth-order valence-corrected chi connectivity index (χ4v) is 2.83. The predicted octanol–water partition coefficient (Wildman–Crippen LogP) is 2.31. The number of aromatic nitrogens is 2. The minimum absolute atomic E-state index is 0.243. The summed E-state index contributed by atoms with van der Waals surface area (Å²) in [5.41, 5.74) is 1.98. The molecule has 0 unspecified atom stereocenters. The number of nitrogens with zero attached hydrogens (tertiary/aromatic N) is 3. The molecule has 1 aliphatic rings. The highest BCUT2D eigenvalue weighted by Crippen LogP contribution is 2.23. The van der Waals surface area contributed by atoms with Crippen LogP contribution >= 0.6 is 11.5 Å². The maximum absolute atomic E-state index is 12.3. The number of carbonyl (C=O) groups is 2. The second kappa shape index (κ2) is 6.10. The molecule has 22 heavy (non-hydrogen) atoms. The van der Waals surface area contributed by atoms with E-state index in [0.717, 1.165) is 11.5 Å². The maximum atomic E-state index is 12.3. The lowest BCUT2D eigenvalue weighted by molar-refractivity contribution is 0.102. The molecule has 3 rings (SSSR count). The van der Waals surface area contributed by atoms with Gasteiger partial charge in [-0.25, -0.2) is 4.79 Å². The molecule has 114 valence electrons. The van der Waals surface area contributed by atoms with Gasteiger partial charge >= 0.3 is 6.09 Å². The maximum Gasteiger partial charge on any atom is 0.414 e. The number of rotatable bonds is 4. The van der Waals surface area contributed by atoms with Gasteiger partial charge in [0.2, 0.25) is 0 Å². The van der Waals surface area contributed by atoms with E-state index in [-0.39, 0.29) is 12.0 Å². The van der Waals surface area contributed by atoms with Crippen LogP contribution in [0.3, 0.4) is 0 Å². The van der Waals surface area contributed by atoms with Crippen molar-refractivity contribution in [2.24, 2.45) is 0 Å². The summed E-state index contributed by atoms with van der Waals surface area (Å²) in [6.07, 6.45) is 0.280. The van der Waals surface area contributed by atoms with Crippen LogP contribution in [-0.2, 0) is 11.2 Å². The largest absolute Gasteiger partial charge is 0.447 e. The van der Waals surface area contributed by atoms with Crippen LogP contribution in [0.4, 0.5) is 16.2 Å². The van der Waals surface area contributed by atoms with Gasteiger partial charge in [-0.05, 0) is 36.2 Å². The van der Waals surface area contributed by atoms with Gasteiger partial charge in [-0.2, -0.15) is 0 Å². The van der Waals surface area contributed by atoms with Crippen molar-refractivity contribution < 1.29 is 14.3 Å². The summed E-state index contributed by atoms with van der Waals surface area (Å²) < 4.78 is 8.72. The van der Waals surface area contributed by atoms with Gasteiger partial charge in [-0.1, -0.05) is 17.5 Å². The first kappa shape index (κ1) is 14.5. The number of nitrogens with one attached hydrogen (secondary N) is 1. The molecule has 0 atom stereocenters. The molecule has 1 aliphatic heterocycles. The zero-order valence-electron chi connectivity index (χ0n) is 11.9. The van der Waals surface area contributed by atoms with Crippen molar-refractivity contribution in [2.75, 3.05) is 23.4 Å². The first-order valence-corrected chi connectivity index (χ1v) is 7.63. The first-order chi connectivity index (χ1) is 10.7. The Morgan fingerprint density at radius 2 is 2.36 bits per heavy atom. The molecule has 2 aromatic rings. The minimum atomic E-state index is -0.372. The molecule has 1 aromatic heterocycles. The zero-order valence-corrected chi connectivity index (χ0v) is 12.7. The standard InChI is InChI=1S/C14H14N4O3S/c1-2-11-12(22-17-16-11)13(19)15-9-4-3-5-10(8-9)18-6-7-21-14(18)20/h3-5,8H,2,6-7H2,1H3,(H,15,19). The van der Waals surface area contributed by atoms with Crippen LogP contribution in [0.5, 0.6) is 0 Å². The number of cyclic esters (lactones) is 1. The number of benzene rings is 1. The van der Waals surface area contributed by atoms with Crippen molar-refractivity contribution in [3.8, 4) is 0 Å². The van der Waals surface area contributed by atoms with Gasteiger partial charge < -0.3 is 10.1 Å². The number of aryl methyl sites for hydroxylation is 1. The van der Waals surface area contributed by atoms with Gasteiger partial charge in [0.05, 0.1) is 12.2 Å². The molecule has 7 nitrogen and oxygen atoms in total. The van der Waals surface area contributed by atoms with E-state index in [4.69, 9.17) is 4.74 Å². The van der Waals surface area contributed by atoms with Crippen LogP contribution < -0.4 is 10.2 Å². The summed E-state index contributed by atoms with van der Waals surface area (Å²) in [6, 6.07) is 7.09. The van der Waals surface area contributed by atoms with Crippen LogP contribution in [0.1, 0.15) is 22.3 Å². The average Bonchev–Trinajstić information content (AvgIpc) is 3.15. The first-order valence-electron chi connectivity index (χ1n) is 6.86. The third-order valence-corrected chi connectivity index (χ3v) is 4.04. The summed E-state index contributed by atoms with van der Waals surface area (Å²) in [6.45, 7) is 2.81. The topological polar surface area (TPSA) is 84.4 Å². The summed E-state index contributed by atoms with van der Waals surface area (Å²) in [5, 5.41) is 6.74. The van der Waals surface area contributed by atoms with E-state index in [0.29, 0.717) is 41.5 Å². The number of ether oxygens (including phenoxy) is 1. The van der Waals surface area contributed by atoms with Crippen molar-refractivity contribution in [1.82, 2.24) is 9.59 Å². The Hall–Kier alpha value is -2.48. The molecular weight excluding hydrogens is 304 g/mol. The van der Waals surface area contributed by atoms with Crippen molar-refractivity contribution >= 4 is 34.9 Å². The van der Waals surface area contributed by atoms with Crippen LogP contribution in [-0.4, -0.2) is 34.7 Å². The van der Waals surface area contributed by atoms with E-state index in [9.17, 15) is 9.59 Å². The van der Waals surface area contributed by atoms with Crippen molar-refractivity contribution in [3.05, 3.63) is 34.8 Å². The highest BCUT2D eigenvalue weighted by Gasteiger charge is 2.24. The number of hydrogen-bond donors (Lipinski definition) is 1. The van der Waals surface area contributed by atoms with Crippen LogP contribution in [0.2, 0.25) is 0 Å². The van der Waals surface area contributed by atoms with E-state index < -0.39 is 0 Å². The summed E-state index contributed by atoms with van der Waals surface area (Å²) in [4.78, 5) is 25.9. The second-order valence-electron chi connectivity index (χ2n) is 4.67. The van der Waals surface area contributed by atoms with Crippen LogP contribution in [0, 0.1) is 0 Å². The lowest BCUT2D eigenvalue weighted by Gasteiger charge is -2.14. The van der Waals surface area contributed by atoms with E-state index in [2.05, 4.69) is 14.9 Å². The average molecular weight is 318 g/mol. The number of anilines is 2. The van der Waals surface area contributed by atoms with Gasteiger partial charge in [0.1, 0.15) is 11.5 Å². The van der Waals surface area contributed by atoms with Gasteiger partial charge in [0, 0.05) is 11.4 Å². The van der Waals surface area contributed by atoms with Crippen molar-refractivity contribution in [3.63, 3.8) is 0 Å². The molecule has 2 amide bonds. The zero-order chi connectivity index (χ0) is 15.5. The Morgan fingerprint density at radius 3 is 3.09 bits per heavy atom. The minimum Gasteiger partial charge on any atom is -0.447 e. The Labute approximate surface area is 131 Å². The Bertz CT molecular complexity index is 716. The van der Waals surface area contributed by atoms with E-state index in [1.54, 1.807) is 24.3 Å². The Balaban J connectivity index is 1.78. The van der Waals surface area contributed by atoms with Crippen LogP contribution in [0.15, 0.2) is 24.3 Å². The molecule has 0 radical (unpaired) electrons. The molecule has 1 fully saturated rings. The second-order valence-corrected chi connectivity index (χ2v) is 5.43. The molecule has 1 N–H and O–H groups in total. The van der Waals surface area contributed by atoms with Crippen molar-refractivity contribution in [1.29, 1.82) is 0 Å². The number of carbonyl (C=O) groups excluding carboxylic acids is 2. The van der Waals surface area contributed by atoms with Gasteiger partial charge in [-0.3, -0.25) is 9.69 Å². The number of hydrogen-bond acceptors (Lipinski definition) is 6. The van der Waals surface area contributed by atoms with Gasteiger partial charge in [0.25, 0.3) is 5.91 Å². The highest BCUT2D eigenvalue weighted by molar-refractivity contribution is 7.08. The highest BCUT2D eigenvalue weighted by atomic mass is 32.1. The molecular formula is C14H14N4O3S. The van der Waals surface area contributed by atoms with Gasteiger partial charge in [-0.15, -0.1) is 5.10 Å². The molecule has 1 aromatic carbocycles. The van der Waals surface area contributed by atoms with Gasteiger partial charge in [0.15, 0.2) is 0 Å². The molecule has 8 heteroatoms. The monoisotopic (exact) mass is 318 g/mol. The lowest BCUT2D eigenvalue weighted by Crippen LogP contribution is -2.23. The summed E-state index contributed by atoms with van der Waals surface area (Å²) >= 11 is 1.07. The predicted molar refractivity (Wildman–Crippen MR) is 82.4 cm³/mol. The van der Waals surface area contributed by atoms with E-state index in [1.165, 1.54) is 4.90 Å². The van der Waals surface area contributed by atoms with E-state index >= 15 is 0 Å². The Morgan fingerprint density at radius 1 is 1.50 bits per heavy atom.